The van der Waals surface area contributed by atoms with Gasteiger partial charge in [-0.1, -0.05) is 24.3 Å². The molecule has 0 atom stereocenters. The molecule has 4 N–H and O–H groups in total. The number of nitrogens with zero attached hydrogens (tertiary/aromatic N) is 3. The number of amides is 2. The van der Waals surface area contributed by atoms with Crippen molar-refractivity contribution in [1.29, 1.82) is 0 Å². The monoisotopic (exact) mass is 527 g/mol. The van der Waals surface area contributed by atoms with Crippen LogP contribution in [0.3, 0.4) is 0 Å². The maximum Gasteiger partial charge on any atom is 0.284 e. The molecule has 10 heteroatoms. The lowest BCUT2D eigenvalue weighted by Gasteiger charge is -2.16. The molecule has 6 rings (SSSR count). The van der Waals surface area contributed by atoms with E-state index in [4.69, 9.17) is 0 Å². The van der Waals surface area contributed by atoms with E-state index < -0.39 is 0 Å². The van der Waals surface area contributed by atoms with E-state index in [0.717, 1.165) is 82.6 Å². The van der Waals surface area contributed by atoms with Crippen molar-refractivity contribution in [3.05, 3.63) is 80.8 Å². The molecule has 0 aliphatic carbocycles. The molecule has 38 heavy (non-hydrogen) atoms. The minimum absolute atomic E-state index is 0.194. The molecule has 2 amide bonds. The Morgan fingerprint density at radius 1 is 0.895 bits per heavy atom. The number of benzene rings is 2. The van der Waals surface area contributed by atoms with E-state index >= 15 is 0 Å². The molecule has 2 aromatic carbocycles. The maximum absolute atomic E-state index is 13.0. The van der Waals surface area contributed by atoms with Gasteiger partial charge in [0.2, 0.25) is 0 Å². The number of anilines is 2. The van der Waals surface area contributed by atoms with Gasteiger partial charge in [0.25, 0.3) is 11.8 Å². The Morgan fingerprint density at radius 2 is 1.58 bits per heavy atom. The predicted molar refractivity (Wildman–Crippen MR) is 149 cm³/mol. The van der Waals surface area contributed by atoms with Crippen molar-refractivity contribution in [3.63, 3.8) is 0 Å². The molecular formula is C28H29N7O2S. The van der Waals surface area contributed by atoms with Crippen LogP contribution in [0.25, 0.3) is 11.1 Å². The van der Waals surface area contributed by atoms with Crippen molar-refractivity contribution in [2.75, 3.05) is 23.7 Å². The number of hydrogen-bond donors (Lipinski definition) is 4. The van der Waals surface area contributed by atoms with E-state index in [9.17, 15) is 9.59 Å². The van der Waals surface area contributed by atoms with Gasteiger partial charge < -0.3 is 25.8 Å². The van der Waals surface area contributed by atoms with E-state index in [0.29, 0.717) is 17.2 Å². The second-order valence-electron chi connectivity index (χ2n) is 9.59. The summed E-state index contributed by atoms with van der Waals surface area (Å²) < 4.78 is 2.02. The third-order valence-electron chi connectivity index (χ3n) is 7.16. The molecule has 4 heterocycles. The molecule has 4 aromatic rings. The molecule has 0 bridgehead atoms. The number of aromatic nitrogens is 3. The summed E-state index contributed by atoms with van der Waals surface area (Å²) >= 11 is 1.45. The number of rotatable bonds is 5. The zero-order valence-electron chi connectivity index (χ0n) is 21.4. The van der Waals surface area contributed by atoms with Crippen molar-refractivity contribution in [1.82, 2.24) is 25.2 Å². The highest BCUT2D eigenvalue weighted by Gasteiger charge is 2.21. The summed E-state index contributed by atoms with van der Waals surface area (Å²) in [5.41, 5.74) is 6.77. The topological polar surface area (TPSA) is 113 Å². The molecule has 194 valence electrons. The van der Waals surface area contributed by atoms with Crippen LogP contribution in [-0.4, -0.2) is 39.4 Å². The summed E-state index contributed by atoms with van der Waals surface area (Å²) in [6.07, 6.45) is 2.66. The van der Waals surface area contributed by atoms with Gasteiger partial charge in [-0.15, -0.1) is 11.3 Å². The highest BCUT2D eigenvalue weighted by Crippen LogP contribution is 2.34. The number of carbonyl (C=O) groups is 2. The van der Waals surface area contributed by atoms with E-state index in [-0.39, 0.29) is 11.8 Å². The largest absolute Gasteiger partial charge is 0.332 e. The Labute approximate surface area is 224 Å². The molecule has 2 aromatic heterocycles. The molecule has 0 unspecified atom stereocenters. The molecule has 2 aliphatic heterocycles. The smallest absolute Gasteiger partial charge is 0.284 e. The summed E-state index contributed by atoms with van der Waals surface area (Å²) in [5, 5.41) is 13.2. The van der Waals surface area contributed by atoms with E-state index in [1.165, 1.54) is 11.3 Å². The quantitative estimate of drug-likeness (QED) is 0.313. The molecule has 0 radical (unpaired) electrons. The fourth-order valence-electron chi connectivity index (χ4n) is 5.01. The van der Waals surface area contributed by atoms with Gasteiger partial charge >= 0.3 is 0 Å². The fraction of sp³-hybridized carbons (Fsp3) is 0.286. The zero-order valence-corrected chi connectivity index (χ0v) is 22.2. The third kappa shape index (κ3) is 4.62. The average molecular weight is 528 g/mol. The summed E-state index contributed by atoms with van der Waals surface area (Å²) in [5.74, 6) is 0.447. The Hall–Kier alpha value is -3.86. The zero-order chi connectivity index (χ0) is 26.2. The van der Waals surface area contributed by atoms with Crippen LogP contribution in [0, 0.1) is 13.8 Å². The summed E-state index contributed by atoms with van der Waals surface area (Å²) in [6.45, 7) is 7.98. The lowest BCUT2D eigenvalue weighted by molar-refractivity contribution is 0.101. The first-order chi connectivity index (χ1) is 18.5. The molecule has 2 aliphatic rings. The lowest BCUT2D eigenvalue weighted by atomic mass is 9.94. The number of imidazole rings is 1. The number of carbonyl (C=O) groups excluding carboxylic acids is 2. The van der Waals surface area contributed by atoms with Gasteiger partial charge in [0, 0.05) is 55.0 Å². The van der Waals surface area contributed by atoms with Gasteiger partial charge in [0.1, 0.15) is 11.5 Å². The van der Waals surface area contributed by atoms with Gasteiger partial charge in [-0.3, -0.25) is 9.59 Å². The Bertz CT molecular complexity index is 1390. The molecule has 0 saturated heterocycles. The van der Waals surface area contributed by atoms with Crippen LogP contribution in [-0.2, 0) is 26.1 Å². The maximum atomic E-state index is 13.0. The summed E-state index contributed by atoms with van der Waals surface area (Å²) in [7, 11) is 0. The van der Waals surface area contributed by atoms with E-state index in [1.807, 2.05) is 61.0 Å². The van der Waals surface area contributed by atoms with Gasteiger partial charge in [-0.05, 0) is 48.2 Å². The first-order valence-corrected chi connectivity index (χ1v) is 13.6. The van der Waals surface area contributed by atoms with Crippen molar-refractivity contribution in [2.24, 2.45) is 0 Å². The second-order valence-corrected chi connectivity index (χ2v) is 10.7. The highest BCUT2D eigenvalue weighted by atomic mass is 32.1. The van der Waals surface area contributed by atoms with Crippen LogP contribution < -0.4 is 21.3 Å². The molecule has 0 saturated carbocycles. The molecular weight excluding hydrogens is 498 g/mol. The third-order valence-corrected chi connectivity index (χ3v) is 8.25. The Kier molecular flexibility index (Phi) is 6.52. The molecule has 0 spiro atoms. The van der Waals surface area contributed by atoms with Crippen LogP contribution in [0.4, 0.5) is 11.4 Å². The van der Waals surface area contributed by atoms with Crippen LogP contribution in [0.15, 0.2) is 42.6 Å². The van der Waals surface area contributed by atoms with Gasteiger partial charge in [0.05, 0.1) is 12.2 Å². The Morgan fingerprint density at radius 3 is 2.26 bits per heavy atom. The van der Waals surface area contributed by atoms with Crippen LogP contribution >= 0.6 is 11.3 Å². The predicted octanol–water partition coefficient (Wildman–Crippen LogP) is 3.88. The minimum atomic E-state index is -0.230. The van der Waals surface area contributed by atoms with Crippen LogP contribution in [0.5, 0.6) is 0 Å². The normalized spacial score (nSPS) is 14.5. The lowest BCUT2D eigenvalue weighted by Crippen LogP contribution is -2.27. The summed E-state index contributed by atoms with van der Waals surface area (Å²) in [6, 6.07) is 11.7. The number of nitrogens with one attached hydrogen (secondary N) is 4. The van der Waals surface area contributed by atoms with E-state index in [1.54, 1.807) is 0 Å². The second kappa shape index (κ2) is 10.1. The Balaban J connectivity index is 1.23. The SMILES string of the molecule is Cc1c(NC(=O)c2cn3c(n2)CNCC3)cccc1-c1cccc(NC(=O)c2nc3c(s2)CNCC3)c1C. The van der Waals surface area contributed by atoms with Crippen molar-refractivity contribution in [3.8, 4) is 11.1 Å². The summed E-state index contributed by atoms with van der Waals surface area (Å²) in [4.78, 5) is 36.3. The number of thiazole rings is 1. The molecule has 0 fully saturated rings. The first-order valence-electron chi connectivity index (χ1n) is 12.8. The highest BCUT2D eigenvalue weighted by molar-refractivity contribution is 7.13. The van der Waals surface area contributed by atoms with Gasteiger partial charge in [-0.2, -0.15) is 0 Å². The van der Waals surface area contributed by atoms with Crippen LogP contribution in [0.2, 0.25) is 0 Å². The van der Waals surface area contributed by atoms with Crippen LogP contribution in [0.1, 0.15) is 47.8 Å². The average Bonchev–Trinajstić information content (AvgIpc) is 3.56. The molecule has 9 nitrogen and oxygen atoms in total. The van der Waals surface area contributed by atoms with Gasteiger partial charge in [0.15, 0.2) is 5.01 Å². The van der Waals surface area contributed by atoms with E-state index in [2.05, 4.69) is 31.2 Å². The standard InChI is InChI=1S/C28H29N7O2S/c1-16-18(5-3-7-20(16)32-26(36)23-15-35-12-11-30-14-25(35)31-23)19-6-4-8-21(17(19)2)33-27(37)28-34-22-9-10-29-13-24(22)38-28/h3-8,15,29-30H,9-14H2,1-2H3,(H,32,36)(H,33,37). The minimum Gasteiger partial charge on any atom is -0.332 e. The van der Waals surface area contributed by atoms with Crippen molar-refractivity contribution in [2.45, 2.75) is 39.9 Å². The number of fused-ring (bicyclic) bond motifs is 2. The fourth-order valence-corrected chi connectivity index (χ4v) is 5.98. The van der Waals surface area contributed by atoms with Gasteiger partial charge in [-0.25, -0.2) is 9.97 Å². The first kappa shape index (κ1) is 24.5. The van der Waals surface area contributed by atoms with Crippen molar-refractivity contribution >= 4 is 34.5 Å². The number of hydrogen-bond acceptors (Lipinski definition) is 7. The van der Waals surface area contributed by atoms with Crippen molar-refractivity contribution < 1.29 is 9.59 Å².